The normalized spacial score (nSPS) is 9.80. The first kappa shape index (κ1) is 12.0. The maximum Gasteiger partial charge on any atom is 0.239 e. The maximum atomic E-state index is 11.1. The van der Waals surface area contributed by atoms with E-state index in [0.717, 1.165) is 15.2 Å². The van der Waals surface area contributed by atoms with Crippen LogP contribution in [0.25, 0.3) is 0 Å². The quantitative estimate of drug-likeness (QED) is 0.514. The van der Waals surface area contributed by atoms with Crippen LogP contribution in [-0.2, 0) is 4.79 Å². The van der Waals surface area contributed by atoms with Crippen LogP contribution in [0.4, 0.5) is 0 Å². The Balaban J connectivity index is 2.35. The number of hydrogen-bond donors (Lipinski definition) is 1. The van der Waals surface area contributed by atoms with Gasteiger partial charge in [-0.25, -0.2) is 5.84 Å². The number of nitrogens with zero attached hydrogens (tertiary/aromatic N) is 1. The monoisotopic (exact) mass is 272 g/mol. The van der Waals surface area contributed by atoms with Gasteiger partial charge in [0.15, 0.2) is 0 Å². The first-order valence-electron chi connectivity index (χ1n) is 4.49. The van der Waals surface area contributed by atoms with Gasteiger partial charge in [0.2, 0.25) is 5.91 Å². The number of hydrogen-bond acceptors (Lipinski definition) is 3. The third-order valence-electron chi connectivity index (χ3n) is 1.77. The Bertz CT molecular complexity index is 342. The summed E-state index contributed by atoms with van der Waals surface area (Å²) < 4.78 is 6.32. The van der Waals surface area contributed by atoms with Crippen LogP contribution in [-0.4, -0.2) is 24.6 Å². The van der Waals surface area contributed by atoms with Gasteiger partial charge >= 0.3 is 0 Å². The molecular formula is C10H13BrN2O2. The van der Waals surface area contributed by atoms with Crippen molar-refractivity contribution in [3.8, 4) is 5.75 Å². The van der Waals surface area contributed by atoms with Crippen LogP contribution in [0.15, 0.2) is 28.7 Å². The molecule has 0 saturated heterocycles. The maximum absolute atomic E-state index is 11.1. The highest BCUT2D eigenvalue weighted by Gasteiger charge is 2.04. The van der Waals surface area contributed by atoms with E-state index in [4.69, 9.17) is 10.6 Å². The average Bonchev–Trinajstić information content (AvgIpc) is 2.17. The standard InChI is InChI=1S/C10H13BrN2O2/c1-13(12)10(14)5-6-15-9-4-2-3-8(11)7-9/h2-4,7H,5-6,12H2,1H3. The zero-order valence-corrected chi connectivity index (χ0v) is 10.0. The Labute approximate surface area is 97.1 Å². The summed E-state index contributed by atoms with van der Waals surface area (Å²) in [5, 5.41) is 1.06. The zero-order chi connectivity index (χ0) is 11.3. The van der Waals surface area contributed by atoms with Crippen LogP contribution in [0.3, 0.4) is 0 Å². The predicted molar refractivity (Wildman–Crippen MR) is 61.2 cm³/mol. The second-order valence-corrected chi connectivity index (χ2v) is 3.98. The van der Waals surface area contributed by atoms with E-state index >= 15 is 0 Å². The van der Waals surface area contributed by atoms with Crippen LogP contribution in [0.2, 0.25) is 0 Å². The summed E-state index contributed by atoms with van der Waals surface area (Å²) in [6, 6.07) is 7.46. The number of rotatable bonds is 4. The summed E-state index contributed by atoms with van der Waals surface area (Å²) >= 11 is 3.33. The van der Waals surface area contributed by atoms with E-state index in [1.165, 1.54) is 7.05 Å². The van der Waals surface area contributed by atoms with Crippen LogP contribution < -0.4 is 10.6 Å². The second kappa shape index (κ2) is 5.72. The minimum atomic E-state index is -0.148. The van der Waals surface area contributed by atoms with Crippen molar-refractivity contribution in [2.75, 3.05) is 13.7 Å². The smallest absolute Gasteiger partial charge is 0.239 e. The lowest BCUT2D eigenvalue weighted by molar-refractivity contribution is -0.130. The largest absolute Gasteiger partial charge is 0.493 e. The lowest BCUT2D eigenvalue weighted by Gasteiger charge is -2.10. The van der Waals surface area contributed by atoms with Crippen molar-refractivity contribution in [1.82, 2.24) is 5.01 Å². The van der Waals surface area contributed by atoms with Crippen molar-refractivity contribution >= 4 is 21.8 Å². The molecule has 2 N–H and O–H groups in total. The van der Waals surface area contributed by atoms with E-state index in [2.05, 4.69) is 15.9 Å². The minimum Gasteiger partial charge on any atom is -0.493 e. The van der Waals surface area contributed by atoms with Crippen LogP contribution in [0.5, 0.6) is 5.75 Å². The van der Waals surface area contributed by atoms with Crippen LogP contribution >= 0.6 is 15.9 Å². The van der Waals surface area contributed by atoms with Crippen LogP contribution in [0.1, 0.15) is 6.42 Å². The Morgan fingerprint density at radius 1 is 1.60 bits per heavy atom. The zero-order valence-electron chi connectivity index (χ0n) is 8.44. The fraction of sp³-hybridized carbons (Fsp3) is 0.300. The highest BCUT2D eigenvalue weighted by Crippen LogP contribution is 2.17. The van der Waals surface area contributed by atoms with E-state index < -0.39 is 0 Å². The summed E-state index contributed by atoms with van der Waals surface area (Å²) in [4.78, 5) is 11.1. The molecule has 0 aromatic heterocycles. The number of carbonyl (C=O) groups is 1. The lowest BCUT2D eigenvalue weighted by atomic mass is 10.3. The van der Waals surface area contributed by atoms with Crippen molar-refractivity contribution < 1.29 is 9.53 Å². The van der Waals surface area contributed by atoms with Crippen molar-refractivity contribution in [2.45, 2.75) is 6.42 Å². The number of ether oxygens (including phenoxy) is 1. The molecule has 0 atom stereocenters. The minimum absolute atomic E-state index is 0.148. The number of benzene rings is 1. The van der Waals surface area contributed by atoms with Crippen molar-refractivity contribution in [3.05, 3.63) is 28.7 Å². The van der Waals surface area contributed by atoms with Gasteiger partial charge in [0.25, 0.3) is 0 Å². The van der Waals surface area contributed by atoms with Gasteiger partial charge in [0, 0.05) is 11.5 Å². The van der Waals surface area contributed by atoms with E-state index in [9.17, 15) is 4.79 Å². The molecule has 0 radical (unpaired) electrons. The molecule has 4 nitrogen and oxygen atoms in total. The first-order valence-corrected chi connectivity index (χ1v) is 5.28. The van der Waals surface area contributed by atoms with Gasteiger partial charge in [-0.05, 0) is 18.2 Å². The van der Waals surface area contributed by atoms with Crippen molar-refractivity contribution in [3.63, 3.8) is 0 Å². The average molecular weight is 273 g/mol. The highest BCUT2D eigenvalue weighted by molar-refractivity contribution is 9.10. The number of nitrogens with two attached hydrogens (primary N) is 1. The number of carbonyl (C=O) groups excluding carboxylic acids is 1. The molecule has 1 aromatic rings. The number of amides is 1. The Morgan fingerprint density at radius 2 is 2.33 bits per heavy atom. The predicted octanol–water partition coefficient (Wildman–Crippen LogP) is 1.55. The molecule has 0 spiro atoms. The van der Waals surface area contributed by atoms with Gasteiger partial charge in [-0.1, -0.05) is 22.0 Å². The molecule has 0 unspecified atom stereocenters. The van der Waals surface area contributed by atoms with E-state index in [-0.39, 0.29) is 12.3 Å². The molecule has 1 aromatic carbocycles. The van der Waals surface area contributed by atoms with Crippen molar-refractivity contribution in [2.24, 2.45) is 5.84 Å². The molecule has 0 aliphatic heterocycles. The second-order valence-electron chi connectivity index (χ2n) is 3.06. The van der Waals surface area contributed by atoms with Crippen molar-refractivity contribution in [1.29, 1.82) is 0 Å². The van der Waals surface area contributed by atoms with Gasteiger partial charge in [-0.3, -0.25) is 9.80 Å². The third-order valence-corrected chi connectivity index (χ3v) is 2.27. The van der Waals surface area contributed by atoms with Gasteiger partial charge in [0.05, 0.1) is 13.0 Å². The number of hydrazine groups is 1. The van der Waals surface area contributed by atoms with E-state index in [0.29, 0.717) is 6.61 Å². The van der Waals surface area contributed by atoms with Gasteiger partial charge in [-0.15, -0.1) is 0 Å². The van der Waals surface area contributed by atoms with Gasteiger partial charge in [0.1, 0.15) is 5.75 Å². The lowest BCUT2D eigenvalue weighted by Crippen LogP contribution is -2.33. The summed E-state index contributed by atoms with van der Waals surface area (Å²) in [6.07, 6.45) is 0.277. The molecule has 0 bridgehead atoms. The van der Waals surface area contributed by atoms with Crippen LogP contribution in [0, 0.1) is 0 Å². The molecule has 1 rings (SSSR count). The molecule has 0 aliphatic rings. The molecule has 0 fully saturated rings. The Morgan fingerprint density at radius 3 is 2.93 bits per heavy atom. The van der Waals surface area contributed by atoms with E-state index in [1.54, 1.807) is 0 Å². The summed E-state index contributed by atoms with van der Waals surface area (Å²) in [5.74, 6) is 5.85. The molecule has 0 saturated carbocycles. The number of halogens is 1. The third kappa shape index (κ3) is 4.31. The molecule has 0 heterocycles. The fourth-order valence-corrected chi connectivity index (χ4v) is 1.37. The summed E-state index contributed by atoms with van der Waals surface area (Å²) in [6.45, 7) is 0.330. The highest BCUT2D eigenvalue weighted by atomic mass is 79.9. The van der Waals surface area contributed by atoms with Gasteiger partial charge < -0.3 is 4.74 Å². The topological polar surface area (TPSA) is 55.6 Å². The molecule has 15 heavy (non-hydrogen) atoms. The summed E-state index contributed by atoms with van der Waals surface area (Å²) in [7, 11) is 1.52. The molecule has 1 amide bonds. The SMILES string of the molecule is CN(N)C(=O)CCOc1cccc(Br)c1. The van der Waals surface area contributed by atoms with E-state index in [1.807, 2.05) is 24.3 Å². The van der Waals surface area contributed by atoms with Gasteiger partial charge in [-0.2, -0.15) is 0 Å². The molecule has 0 aliphatic carbocycles. The molecule has 5 heteroatoms. The Kier molecular flexibility index (Phi) is 4.58. The fourth-order valence-electron chi connectivity index (χ4n) is 0.989. The first-order chi connectivity index (χ1) is 7.09. The molecular weight excluding hydrogens is 260 g/mol. The summed E-state index contributed by atoms with van der Waals surface area (Å²) in [5.41, 5.74) is 0. The molecule has 82 valence electrons. The Hall–Kier alpha value is -1.07.